The molecule has 0 spiro atoms. The normalized spacial score (nSPS) is 12.7. The van der Waals surface area contributed by atoms with E-state index < -0.39 is 5.54 Å². The van der Waals surface area contributed by atoms with Gasteiger partial charge >= 0.3 is 0 Å². The lowest BCUT2D eigenvalue weighted by atomic mass is 9.81. The number of rotatable bonds is 13. The maximum absolute atomic E-state index is 14.4. The topological polar surface area (TPSA) is 101 Å². The number of amides is 2. The molecule has 1 aromatic heterocycles. The largest absolute Gasteiger partial charge is 0.508 e. The first-order chi connectivity index (χ1) is 19.1. The molecule has 1 heterocycles. The van der Waals surface area contributed by atoms with Crippen LogP contribution in [0.15, 0.2) is 42.5 Å². The van der Waals surface area contributed by atoms with Crippen LogP contribution in [0.25, 0.3) is 10.9 Å². The summed E-state index contributed by atoms with van der Waals surface area (Å²) in [6.45, 7) is 7.94. The number of likely N-dealkylation sites (N-methyl/N-ethyl adjacent to an activating group) is 1. The number of aromatic nitrogens is 1. The fraction of sp³-hybridized carbons (Fsp3) is 0.469. The number of phenols is 1. The van der Waals surface area contributed by atoms with Crippen molar-refractivity contribution in [2.75, 3.05) is 20.7 Å². The van der Waals surface area contributed by atoms with Crippen molar-refractivity contribution in [1.82, 2.24) is 14.8 Å². The third-order valence-electron chi connectivity index (χ3n) is 7.51. The van der Waals surface area contributed by atoms with Gasteiger partial charge in [0, 0.05) is 42.7 Å². The number of fused-ring (bicyclic) bond motifs is 1. The van der Waals surface area contributed by atoms with Crippen LogP contribution in [-0.2, 0) is 15.1 Å². The monoisotopic (exact) mass is 549 g/mol. The Morgan fingerprint density at radius 1 is 1.00 bits per heavy atom. The second kappa shape index (κ2) is 13.5. The van der Waals surface area contributed by atoms with Crippen molar-refractivity contribution >= 4 is 28.6 Å². The zero-order valence-corrected chi connectivity index (χ0v) is 24.7. The van der Waals surface area contributed by atoms with Gasteiger partial charge in [-0.3, -0.25) is 19.0 Å². The first-order valence-corrected chi connectivity index (χ1v) is 14.2. The van der Waals surface area contributed by atoms with Gasteiger partial charge in [-0.05, 0) is 62.2 Å². The van der Waals surface area contributed by atoms with E-state index in [4.69, 9.17) is 4.74 Å². The molecule has 8 heteroatoms. The highest BCUT2D eigenvalue weighted by atomic mass is 16.5. The van der Waals surface area contributed by atoms with Crippen molar-refractivity contribution in [3.63, 3.8) is 0 Å². The number of nitrogens with one attached hydrogen (secondary N) is 1. The molecule has 0 saturated carbocycles. The zero-order valence-electron chi connectivity index (χ0n) is 24.7. The number of benzene rings is 2. The maximum atomic E-state index is 14.4. The molecule has 3 aromatic rings. The molecule has 0 saturated heterocycles. The SMILES string of the molecule is CCCCCCC(NC(C)=O)(C(=O)N(C)CCCC)c1c(C)n(C(=O)c2ccc(OC)cc2)c2ccc(O)cc12. The molecule has 216 valence electrons. The molecular formula is C32H43N3O5. The van der Waals surface area contributed by atoms with E-state index in [1.807, 2.05) is 0 Å². The second-order valence-electron chi connectivity index (χ2n) is 10.5. The van der Waals surface area contributed by atoms with Gasteiger partial charge in [-0.2, -0.15) is 0 Å². The number of carbonyl (C=O) groups is 3. The van der Waals surface area contributed by atoms with Gasteiger partial charge in [0.2, 0.25) is 5.91 Å². The summed E-state index contributed by atoms with van der Waals surface area (Å²) >= 11 is 0. The van der Waals surface area contributed by atoms with E-state index in [9.17, 15) is 19.5 Å². The molecule has 1 unspecified atom stereocenters. The number of hydrogen-bond acceptors (Lipinski definition) is 5. The minimum absolute atomic E-state index is 0.0114. The summed E-state index contributed by atoms with van der Waals surface area (Å²) < 4.78 is 6.83. The number of methoxy groups -OCH3 is 1. The van der Waals surface area contributed by atoms with Crippen molar-refractivity contribution in [2.45, 2.75) is 78.2 Å². The van der Waals surface area contributed by atoms with E-state index in [1.54, 1.807) is 66.9 Å². The van der Waals surface area contributed by atoms with Gasteiger partial charge in [0.25, 0.3) is 11.8 Å². The van der Waals surface area contributed by atoms with Crippen LogP contribution in [-0.4, -0.2) is 53.0 Å². The molecular weight excluding hydrogens is 506 g/mol. The Kier molecular flexibility index (Phi) is 10.4. The summed E-state index contributed by atoms with van der Waals surface area (Å²) in [7, 11) is 3.32. The van der Waals surface area contributed by atoms with Crippen LogP contribution in [0.1, 0.15) is 87.3 Å². The van der Waals surface area contributed by atoms with E-state index in [-0.39, 0.29) is 23.5 Å². The summed E-state index contributed by atoms with van der Waals surface area (Å²) in [5.74, 6) is -0.202. The first-order valence-electron chi connectivity index (χ1n) is 14.2. The molecule has 1 atom stereocenters. The minimum atomic E-state index is -1.41. The van der Waals surface area contributed by atoms with Crippen molar-refractivity contribution < 1.29 is 24.2 Å². The molecule has 0 aliphatic rings. The highest BCUT2D eigenvalue weighted by molar-refractivity contribution is 6.07. The lowest BCUT2D eigenvalue weighted by molar-refractivity contribution is -0.141. The molecule has 2 aromatic carbocycles. The average molecular weight is 550 g/mol. The molecule has 40 heavy (non-hydrogen) atoms. The third kappa shape index (κ3) is 6.32. The van der Waals surface area contributed by atoms with E-state index in [2.05, 4.69) is 19.2 Å². The molecule has 0 aliphatic carbocycles. The van der Waals surface area contributed by atoms with E-state index in [0.717, 1.165) is 32.1 Å². The van der Waals surface area contributed by atoms with E-state index >= 15 is 0 Å². The van der Waals surface area contributed by atoms with Crippen LogP contribution in [0.3, 0.4) is 0 Å². The Balaban J connectivity index is 2.33. The highest BCUT2D eigenvalue weighted by Crippen LogP contribution is 2.41. The minimum Gasteiger partial charge on any atom is -0.508 e. The first kappa shape index (κ1) is 30.7. The Morgan fingerprint density at radius 2 is 1.68 bits per heavy atom. The number of carbonyl (C=O) groups excluding carboxylic acids is 3. The number of unbranched alkanes of at least 4 members (excludes halogenated alkanes) is 4. The quantitative estimate of drug-likeness (QED) is 0.258. The maximum Gasteiger partial charge on any atom is 0.262 e. The Hall–Kier alpha value is -3.81. The van der Waals surface area contributed by atoms with E-state index in [1.165, 1.54) is 13.0 Å². The number of nitrogens with zero attached hydrogens (tertiary/aromatic N) is 2. The summed E-state index contributed by atoms with van der Waals surface area (Å²) in [5.41, 5.74) is 0.672. The number of aromatic hydroxyl groups is 1. The summed E-state index contributed by atoms with van der Waals surface area (Å²) in [6, 6.07) is 11.6. The third-order valence-corrected chi connectivity index (χ3v) is 7.51. The van der Waals surface area contributed by atoms with Crippen LogP contribution >= 0.6 is 0 Å². The van der Waals surface area contributed by atoms with Gasteiger partial charge in [-0.15, -0.1) is 0 Å². The average Bonchev–Trinajstić information content (AvgIpc) is 3.23. The van der Waals surface area contributed by atoms with Gasteiger partial charge in [0.1, 0.15) is 17.0 Å². The van der Waals surface area contributed by atoms with Gasteiger partial charge in [0.15, 0.2) is 0 Å². The number of ether oxygens (including phenoxy) is 1. The van der Waals surface area contributed by atoms with Crippen LogP contribution < -0.4 is 10.1 Å². The van der Waals surface area contributed by atoms with Crippen LogP contribution in [0.4, 0.5) is 0 Å². The van der Waals surface area contributed by atoms with Crippen molar-refractivity contribution in [2.24, 2.45) is 0 Å². The Morgan fingerprint density at radius 3 is 2.27 bits per heavy atom. The Bertz CT molecular complexity index is 1340. The number of hydrogen-bond donors (Lipinski definition) is 2. The van der Waals surface area contributed by atoms with Gasteiger partial charge < -0.3 is 20.1 Å². The van der Waals surface area contributed by atoms with Crippen LogP contribution in [0.5, 0.6) is 11.5 Å². The molecule has 0 fully saturated rings. The second-order valence-corrected chi connectivity index (χ2v) is 10.5. The van der Waals surface area contributed by atoms with Gasteiger partial charge in [-0.1, -0.05) is 46.0 Å². The molecule has 0 bridgehead atoms. The molecule has 0 aliphatic heterocycles. The van der Waals surface area contributed by atoms with Crippen molar-refractivity contribution in [1.29, 1.82) is 0 Å². The van der Waals surface area contributed by atoms with Crippen LogP contribution in [0.2, 0.25) is 0 Å². The van der Waals surface area contributed by atoms with Gasteiger partial charge in [0.05, 0.1) is 12.6 Å². The molecule has 0 radical (unpaired) electrons. The predicted octanol–water partition coefficient (Wildman–Crippen LogP) is 5.91. The lowest BCUT2D eigenvalue weighted by Crippen LogP contribution is -2.56. The van der Waals surface area contributed by atoms with Gasteiger partial charge in [-0.25, -0.2) is 0 Å². The molecule has 8 nitrogen and oxygen atoms in total. The summed E-state index contributed by atoms with van der Waals surface area (Å²) in [5, 5.41) is 14.1. The lowest BCUT2D eigenvalue weighted by Gasteiger charge is -2.37. The predicted molar refractivity (Wildman–Crippen MR) is 158 cm³/mol. The summed E-state index contributed by atoms with van der Waals surface area (Å²) in [6.07, 6.45) is 5.76. The summed E-state index contributed by atoms with van der Waals surface area (Å²) in [4.78, 5) is 42.8. The van der Waals surface area contributed by atoms with E-state index in [0.29, 0.717) is 52.9 Å². The number of phenolic OH excluding ortho intramolecular Hbond substituents is 1. The van der Waals surface area contributed by atoms with Crippen LogP contribution in [0, 0.1) is 6.92 Å². The van der Waals surface area contributed by atoms with Crippen molar-refractivity contribution in [3.05, 3.63) is 59.3 Å². The standard InChI is InChI=1S/C32H43N3O5/c1-7-9-11-12-19-32(33-23(4)36,31(39)34(5)20-10-8-2)29-22(3)35(28-18-15-25(37)21-27(28)29)30(38)24-13-16-26(40-6)17-14-24/h13-18,21,37H,7-12,19-20H2,1-6H3,(H,33,36). The highest BCUT2D eigenvalue weighted by Gasteiger charge is 2.46. The Labute approximate surface area is 237 Å². The fourth-order valence-corrected chi connectivity index (χ4v) is 5.53. The smallest absolute Gasteiger partial charge is 0.262 e. The molecule has 2 amide bonds. The molecule has 2 N–H and O–H groups in total. The fourth-order valence-electron chi connectivity index (χ4n) is 5.53. The molecule has 3 rings (SSSR count). The zero-order chi connectivity index (χ0) is 29.4. The van der Waals surface area contributed by atoms with Crippen molar-refractivity contribution in [3.8, 4) is 11.5 Å².